The summed E-state index contributed by atoms with van der Waals surface area (Å²) in [5.74, 6) is -1.19. The summed E-state index contributed by atoms with van der Waals surface area (Å²) in [4.78, 5) is 38.6. The molecule has 1 N–H and O–H groups in total. The fourth-order valence-corrected chi connectivity index (χ4v) is 4.10. The Balaban J connectivity index is 1.43. The molecule has 0 atom stereocenters. The summed E-state index contributed by atoms with van der Waals surface area (Å²) in [5.41, 5.74) is 0.276. The van der Waals surface area contributed by atoms with E-state index in [1.54, 1.807) is 10.6 Å². The number of nitrogens with zero attached hydrogens (tertiary/aromatic N) is 3. The van der Waals surface area contributed by atoms with Gasteiger partial charge in [-0.3, -0.25) is 9.69 Å². The van der Waals surface area contributed by atoms with E-state index in [0.29, 0.717) is 49.7 Å². The van der Waals surface area contributed by atoms with E-state index in [1.165, 1.54) is 12.5 Å². The SMILES string of the molecule is O=C(O)Oc1cn(C2CC2)c2cc(N3CCN(Cc4coc(=O)o4)CC3)c(F)cc2c1=O. The molecular formula is C21H20FN3O7. The topological polar surface area (TPSA) is 118 Å². The van der Waals surface area contributed by atoms with Gasteiger partial charge in [-0.05, 0) is 25.0 Å². The first-order chi connectivity index (χ1) is 15.4. The standard InChI is InChI=1S/C21H20FN3O7/c22-15-7-14-16(25(12-1-2-12)10-18(19(14)26)32-20(27)28)8-17(15)24-5-3-23(4-6-24)9-13-11-30-21(29)31-13/h7-8,10-12H,1-6,9H2,(H,27,28). The third-order valence-corrected chi connectivity index (χ3v) is 5.80. The van der Waals surface area contributed by atoms with E-state index < -0.39 is 23.2 Å². The number of hydrogen-bond acceptors (Lipinski definition) is 8. The van der Waals surface area contributed by atoms with E-state index in [-0.39, 0.29) is 17.2 Å². The minimum absolute atomic E-state index is 0.0884. The van der Waals surface area contributed by atoms with Crippen LogP contribution < -0.4 is 20.9 Å². The van der Waals surface area contributed by atoms with Gasteiger partial charge in [0.1, 0.15) is 12.1 Å². The van der Waals surface area contributed by atoms with Gasteiger partial charge in [-0.2, -0.15) is 0 Å². The summed E-state index contributed by atoms with van der Waals surface area (Å²) in [6.45, 7) is 2.74. The fraction of sp³-hybridized carbons (Fsp3) is 0.381. The average molecular weight is 445 g/mol. The van der Waals surface area contributed by atoms with Gasteiger partial charge in [0.15, 0.2) is 11.5 Å². The first kappa shape index (κ1) is 20.3. The number of carboxylic acid groups (broad SMARTS) is 1. The predicted molar refractivity (Wildman–Crippen MR) is 110 cm³/mol. The molecule has 3 heterocycles. The molecule has 1 saturated heterocycles. The van der Waals surface area contributed by atoms with Gasteiger partial charge < -0.3 is 28.1 Å². The van der Waals surface area contributed by atoms with Crippen LogP contribution in [0.25, 0.3) is 10.9 Å². The van der Waals surface area contributed by atoms with Crippen molar-refractivity contribution in [1.29, 1.82) is 0 Å². The van der Waals surface area contributed by atoms with Crippen molar-refractivity contribution in [3.05, 3.63) is 57.0 Å². The summed E-state index contributed by atoms with van der Waals surface area (Å²) in [5, 5.41) is 9.00. The van der Waals surface area contributed by atoms with Gasteiger partial charge in [0.05, 0.1) is 29.3 Å². The Morgan fingerprint density at radius 3 is 2.56 bits per heavy atom. The van der Waals surface area contributed by atoms with Gasteiger partial charge >= 0.3 is 12.0 Å². The van der Waals surface area contributed by atoms with Gasteiger partial charge in [-0.15, -0.1) is 0 Å². The maximum Gasteiger partial charge on any atom is 0.518 e. The van der Waals surface area contributed by atoms with Crippen molar-refractivity contribution in [2.75, 3.05) is 31.1 Å². The normalized spacial score (nSPS) is 17.1. The van der Waals surface area contributed by atoms with Gasteiger partial charge in [-0.1, -0.05) is 0 Å². The molecule has 2 fully saturated rings. The first-order valence-corrected chi connectivity index (χ1v) is 10.2. The second kappa shape index (κ2) is 7.83. The monoisotopic (exact) mass is 445 g/mol. The molecule has 0 unspecified atom stereocenters. The largest absolute Gasteiger partial charge is 0.518 e. The molecule has 2 aliphatic rings. The zero-order valence-electron chi connectivity index (χ0n) is 17.0. The Morgan fingerprint density at radius 2 is 1.94 bits per heavy atom. The summed E-state index contributed by atoms with van der Waals surface area (Å²) in [6, 6.07) is 2.93. The van der Waals surface area contributed by atoms with Crippen LogP contribution in [0.15, 0.2) is 43.0 Å². The Hall–Kier alpha value is -3.60. The van der Waals surface area contributed by atoms with E-state index in [0.717, 1.165) is 18.9 Å². The van der Waals surface area contributed by atoms with Crippen molar-refractivity contribution < 1.29 is 27.9 Å². The zero-order chi connectivity index (χ0) is 22.4. The molecule has 1 aliphatic heterocycles. The highest BCUT2D eigenvalue weighted by Crippen LogP contribution is 2.39. The average Bonchev–Trinajstić information content (AvgIpc) is 3.52. The lowest BCUT2D eigenvalue weighted by Gasteiger charge is -2.35. The molecule has 5 rings (SSSR count). The molecular weight excluding hydrogens is 425 g/mol. The number of pyridine rings is 1. The molecule has 168 valence electrons. The maximum atomic E-state index is 15.1. The van der Waals surface area contributed by atoms with E-state index in [9.17, 15) is 14.4 Å². The van der Waals surface area contributed by atoms with Gasteiger partial charge in [0.25, 0.3) is 0 Å². The highest BCUT2D eigenvalue weighted by Gasteiger charge is 2.28. The molecule has 1 aliphatic carbocycles. The number of halogens is 1. The molecule has 0 bridgehead atoms. The number of hydrogen-bond donors (Lipinski definition) is 1. The summed E-state index contributed by atoms with van der Waals surface area (Å²) in [7, 11) is 0. The van der Waals surface area contributed by atoms with Gasteiger partial charge in [0, 0.05) is 32.2 Å². The smallest absolute Gasteiger partial charge is 0.449 e. The Bertz CT molecular complexity index is 1300. The number of carbonyl (C=O) groups is 1. The molecule has 32 heavy (non-hydrogen) atoms. The van der Waals surface area contributed by atoms with Crippen LogP contribution in [0.4, 0.5) is 14.9 Å². The number of fused-ring (bicyclic) bond motifs is 1. The molecule has 1 saturated carbocycles. The van der Waals surface area contributed by atoms with Crippen molar-refractivity contribution in [2.24, 2.45) is 0 Å². The highest BCUT2D eigenvalue weighted by molar-refractivity contribution is 5.85. The third kappa shape index (κ3) is 3.86. The second-order valence-electron chi connectivity index (χ2n) is 7.97. The van der Waals surface area contributed by atoms with Crippen LogP contribution in [0, 0.1) is 5.82 Å². The Labute approximate surface area is 180 Å². The lowest BCUT2D eigenvalue weighted by molar-refractivity contribution is 0.143. The maximum absolute atomic E-state index is 15.1. The molecule has 10 nitrogen and oxygen atoms in total. The van der Waals surface area contributed by atoms with Crippen LogP contribution in [0.5, 0.6) is 5.75 Å². The third-order valence-electron chi connectivity index (χ3n) is 5.80. The van der Waals surface area contributed by atoms with Crippen molar-refractivity contribution in [3.63, 3.8) is 0 Å². The number of aromatic nitrogens is 1. The van der Waals surface area contributed by atoms with E-state index in [2.05, 4.69) is 14.1 Å². The van der Waals surface area contributed by atoms with Crippen LogP contribution in [0.3, 0.4) is 0 Å². The fourth-order valence-electron chi connectivity index (χ4n) is 4.10. The molecule has 11 heteroatoms. The van der Waals surface area contributed by atoms with Gasteiger partial charge in [0.2, 0.25) is 5.43 Å². The van der Waals surface area contributed by atoms with E-state index >= 15 is 4.39 Å². The molecule has 0 spiro atoms. The minimum Gasteiger partial charge on any atom is -0.449 e. The van der Waals surface area contributed by atoms with Crippen molar-refractivity contribution in [3.8, 4) is 5.75 Å². The highest BCUT2D eigenvalue weighted by atomic mass is 19.1. The first-order valence-electron chi connectivity index (χ1n) is 10.2. The van der Waals surface area contributed by atoms with Crippen molar-refractivity contribution in [1.82, 2.24) is 9.47 Å². The molecule has 2 aromatic heterocycles. The van der Waals surface area contributed by atoms with Crippen LogP contribution >= 0.6 is 0 Å². The predicted octanol–water partition coefficient (Wildman–Crippen LogP) is 2.40. The van der Waals surface area contributed by atoms with Crippen molar-refractivity contribution >= 4 is 22.7 Å². The van der Waals surface area contributed by atoms with Crippen LogP contribution in [0.1, 0.15) is 24.6 Å². The number of benzene rings is 1. The molecule has 0 radical (unpaired) electrons. The van der Waals surface area contributed by atoms with Crippen molar-refractivity contribution in [2.45, 2.75) is 25.4 Å². The Morgan fingerprint density at radius 1 is 1.19 bits per heavy atom. The number of anilines is 1. The lowest BCUT2D eigenvalue weighted by atomic mass is 10.1. The van der Waals surface area contributed by atoms with Crippen LogP contribution in [0.2, 0.25) is 0 Å². The number of piperazine rings is 1. The van der Waals surface area contributed by atoms with E-state index in [1.807, 2.05) is 4.90 Å². The molecule has 3 aromatic rings. The Kier molecular flexibility index (Phi) is 4.97. The summed E-state index contributed by atoms with van der Waals surface area (Å²) >= 11 is 0. The molecule has 0 amide bonds. The minimum atomic E-state index is -1.59. The zero-order valence-corrected chi connectivity index (χ0v) is 17.0. The lowest BCUT2D eigenvalue weighted by Crippen LogP contribution is -2.46. The van der Waals surface area contributed by atoms with Gasteiger partial charge in [-0.25, -0.2) is 14.0 Å². The van der Waals surface area contributed by atoms with Crippen LogP contribution in [-0.4, -0.2) is 46.9 Å². The summed E-state index contributed by atoms with van der Waals surface area (Å²) < 4.78 is 31.1. The summed E-state index contributed by atoms with van der Waals surface area (Å²) in [6.07, 6.45) is 2.87. The quantitative estimate of drug-likeness (QED) is 0.591. The van der Waals surface area contributed by atoms with E-state index in [4.69, 9.17) is 9.52 Å². The number of rotatable bonds is 5. The van der Waals surface area contributed by atoms with Crippen LogP contribution in [-0.2, 0) is 6.54 Å². The second-order valence-corrected chi connectivity index (χ2v) is 7.97. The molecule has 1 aromatic carbocycles. The number of ether oxygens (including phenoxy) is 1.